The third-order valence-corrected chi connectivity index (χ3v) is 3.37. The molecule has 0 fully saturated rings. The van der Waals surface area contributed by atoms with Crippen molar-refractivity contribution < 1.29 is 14.3 Å². The fourth-order valence-electron chi connectivity index (χ4n) is 2.00. The van der Waals surface area contributed by atoms with Crippen molar-refractivity contribution in [2.24, 2.45) is 0 Å². The highest BCUT2D eigenvalue weighted by Crippen LogP contribution is 2.17. The van der Waals surface area contributed by atoms with E-state index in [2.05, 4.69) is 15.6 Å². The van der Waals surface area contributed by atoms with E-state index in [4.69, 9.17) is 4.74 Å². The molecule has 1 unspecified atom stereocenters. The zero-order chi connectivity index (χ0) is 16.7. The van der Waals surface area contributed by atoms with E-state index in [9.17, 15) is 9.59 Å². The quantitative estimate of drug-likeness (QED) is 0.821. The first-order chi connectivity index (χ1) is 11.1. The Bertz CT molecular complexity index is 657. The molecular formula is C17H19N3O3. The summed E-state index contributed by atoms with van der Waals surface area (Å²) in [5.74, 6) is -0.591. The number of benzene rings is 1. The number of hydrogen-bond acceptors (Lipinski definition) is 4. The largest absolute Gasteiger partial charge is 0.497 e. The van der Waals surface area contributed by atoms with E-state index in [-0.39, 0.29) is 12.6 Å². The van der Waals surface area contributed by atoms with Crippen molar-refractivity contribution in [2.45, 2.75) is 19.5 Å². The third-order valence-electron chi connectivity index (χ3n) is 3.37. The molecule has 1 aromatic heterocycles. The Morgan fingerprint density at radius 3 is 2.35 bits per heavy atom. The number of rotatable bonds is 5. The summed E-state index contributed by atoms with van der Waals surface area (Å²) in [7, 11) is 1.59. The summed E-state index contributed by atoms with van der Waals surface area (Å²) in [6.07, 6.45) is 3.26. The Morgan fingerprint density at radius 2 is 1.74 bits per heavy atom. The van der Waals surface area contributed by atoms with Gasteiger partial charge in [-0.05, 0) is 42.3 Å². The lowest BCUT2D eigenvalue weighted by Crippen LogP contribution is -2.40. The summed E-state index contributed by atoms with van der Waals surface area (Å²) in [5, 5.41) is 5.24. The summed E-state index contributed by atoms with van der Waals surface area (Å²) in [6, 6.07) is 10.6. The lowest BCUT2D eigenvalue weighted by molar-refractivity contribution is -0.139. The molecule has 0 spiro atoms. The van der Waals surface area contributed by atoms with E-state index in [0.717, 1.165) is 16.9 Å². The molecule has 0 saturated carbocycles. The SMILES string of the molecule is COc1ccc(C(C)NC(=O)C(=O)NCc2ccncc2)cc1. The minimum atomic E-state index is -0.665. The minimum Gasteiger partial charge on any atom is -0.497 e. The van der Waals surface area contributed by atoms with Crippen molar-refractivity contribution in [3.05, 3.63) is 59.9 Å². The van der Waals surface area contributed by atoms with Crippen LogP contribution < -0.4 is 15.4 Å². The molecular weight excluding hydrogens is 294 g/mol. The van der Waals surface area contributed by atoms with Crippen molar-refractivity contribution in [1.82, 2.24) is 15.6 Å². The predicted octanol–water partition coefficient (Wildman–Crippen LogP) is 1.58. The molecule has 23 heavy (non-hydrogen) atoms. The number of nitrogens with one attached hydrogen (secondary N) is 2. The van der Waals surface area contributed by atoms with E-state index >= 15 is 0 Å². The standard InChI is InChI=1S/C17H19N3O3/c1-12(14-3-5-15(23-2)6-4-14)20-17(22)16(21)19-11-13-7-9-18-10-8-13/h3-10,12H,11H2,1-2H3,(H,19,21)(H,20,22). The van der Waals surface area contributed by atoms with Crippen LogP contribution >= 0.6 is 0 Å². The van der Waals surface area contributed by atoms with Crippen LogP contribution in [0.4, 0.5) is 0 Å². The second kappa shape index (κ2) is 7.93. The van der Waals surface area contributed by atoms with Gasteiger partial charge < -0.3 is 15.4 Å². The summed E-state index contributed by atoms with van der Waals surface area (Å²) in [6.45, 7) is 2.10. The van der Waals surface area contributed by atoms with Gasteiger partial charge in [0.2, 0.25) is 0 Å². The van der Waals surface area contributed by atoms with Gasteiger partial charge in [-0.15, -0.1) is 0 Å². The number of pyridine rings is 1. The molecule has 1 heterocycles. The van der Waals surface area contributed by atoms with Crippen LogP contribution in [-0.4, -0.2) is 23.9 Å². The van der Waals surface area contributed by atoms with E-state index in [1.54, 1.807) is 31.6 Å². The molecule has 6 heteroatoms. The van der Waals surface area contributed by atoms with Gasteiger partial charge in [-0.1, -0.05) is 12.1 Å². The molecule has 0 saturated heterocycles. The maximum atomic E-state index is 11.9. The molecule has 6 nitrogen and oxygen atoms in total. The summed E-state index contributed by atoms with van der Waals surface area (Å²) >= 11 is 0. The number of carbonyl (C=O) groups is 2. The zero-order valence-corrected chi connectivity index (χ0v) is 13.1. The molecule has 120 valence electrons. The van der Waals surface area contributed by atoms with Gasteiger partial charge >= 0.3 is 11.8 Å². The number of ether oxygens (including phenoxy) is 1. The van der Waals surface area contributed by atoms with Crippen LogP contribution in [0.5, 0.6) is 5.75 Å². The Labute approximate surface area is 134 Å². The molecule has 2 amide bonds. The van der Waals surface area contributed by atoms with E-state index in [1.165, 1.54) is 0 Å². The number of amides is 2. The van der Waals surface area contributed by atoms with E-state index in [0.29, 0.717) is 0 Å². The topological polar surface area (TPSA) is 80.3 Å². The molecule has 0 aliphatic carbocycles. The van der Waals surface area contributed by atoms with Gasteiger partial charge in [0.1, 0.15) is 5.75 Å². The number of carbonyl (C=O) groups excluding carboxylic acids is 2. The van der Waals surface area contributed by atoms with E-state index < -0.39 is 11.8 Å². The van der Waals surface area contributed by atoms with Gasteiger partial charge in [0.25, 0.3) is 0 Å². The zero-order valence-electron chi connectivity index (χ0n) is 13.1. The number of nitrogens with zero attached hydrogens (tertiary/aromatic N) is 1. The van der Waals surface area contributed by atoms with Gasteiger partial charge in [0.05, 0.1) is 13.2 Å². The lowest BCUT2D eigenvalue weighted by atomic mass is 10.1. The summed E-state index contributed by atoms with van der Waals surface area (Å²) in [5.41, 5.74) is 1.77. The molecule has 0 radical (unpaired) electrons. The number of aromatic nitrogens is 1. The van der Waals surface area contributed by atoms with Crippen LogP contribution in [0, 0.1) is 0 Å². The highest BCUT2D eigenvalue weighted by atomic mass is 16.5. The first-order valence-electron chi connectivity index (χ1n) is 7.21. The molecule has 0 aliphatic heterocycles. The Hall–Kier alpha value is -2.89. The van der Waals surface area contributed by atoms with Gasteiger partial charge in [-0.2, -0.15) is 0 Å². The van der Waals surface area contributed by atoms with Crippen molar-refractivity contribution >= 4 is 11.8 Å². The van der Waals surface area contributed by atoms with Crippen LogP contribution in [0.1, 0.15) is 24.1 Å². The van der Waals surface area contributed by atoms with Gasteiger partial charge in [0, 0.05) is 18.9 Å². The normalized spacial score (nSPS) is 11.4. The van der Waals surface area contributed by atoms with Gasteiger partial charge in [0.15, 0.2) is 0 Å². The highest BCUT2D eigenvalue weighted by Gasteiger charge is 2.16. The van der Waals surface area contributed by atoms with Gasteiger partial charge in [-0.25, -0.2) is 0 Å². The van der Waals surface area contributed by atoms with Crippen molar-refractivity contribution in [2.75, 3.05) is 7.11 Å². The lowest BCUT2D eigenvalue weighted by Gasteiger charge is -2.14. The van der Waals surface area contributed by atoms with Crippen molar-refractivity contribution in [3.63, 3.8) is 0 Å². The minimum absolute atomic E-state index is 0.278. The smallest absolute Gasteiger partial charge is 0.309 e. The fraction of sp³-hybridized carbons (Fsp3) is 0.235. The average molecular weight is 313 g/mol. The second-order valence-electron chi connectivity index (χ2n) is 5.01. The van der Waals surface area contributed by atoms with Gasteiger partial charge in [-0.3, -0.25) is 14.6 Å². The monoisotopic (exact) mass is 313 g/mol. The number of methoxy groups -OCH3 is 1. The van der Waals surface area contributed by atoms with Crippen LogP contribution in [0.15, 0.2) is 48.8 Å². The van der Waals surface area contributed by atoms with Crippen LogP contribution in [0.25, 0.3) is 0 Å². The Balaban J connectivity index is 1.85. The molecule has 0 bridgehead atoms. The van der Waals surface area contributed by atoms with Crippen LogP contribution in [-0.2, 0) is 16.1 Å². The van der Waals surface area contributed by atoms with Crippen molar-refractivity contribution in [3.8, 4) is 5.75 Å². The number of hydrogen-bond donors (Lipinski definition) is 2. The van der Waals surface area contributed by atoms with Crippen LogP contribution in [0.3, 0.4) is 0 Å². The predicted molar refractivity (Wildman–Crippen MR) is 85.6 cm³/mol. The molecule has 2 rings (SSSR count). The summed E-state index contributed by atoms with van der Waals surface area (Å²) in [4.78, 5) is 27.6. The third kappa shape index (κ3) is 4.81. The molecule has 1 aromatic carbocycles. The molecule has 2 aromatic rings. The van der Waals surface area contributed by atoms with E-state index in [1.807, 2.05) is 31.2 Å². The maximum Gasteiger partial charge on any atom is 0.309 e. The fourth-order valence-corrected chi connectivity index (χ4v) is 2.00. The molecule has 2 N–H and O–H groups in total. The Morgan fingerprint density at radius 1 is 1.09 bits per heavy atom. The molecule has 0 aliphatic rings. The summed E-state index contributed by atoms with van der Waals surface area (Å²) < 4.78 is 5.09. The average Bonchev–Trinajstić information content (AvgIpc) is 2.60. The first-order valence-corrected chi connectivity index (χ1v) is 7.21. The first kappa shape index (κ1) is 16.5. The van der Waals surface area contributed by atoms with Crippen LogP contribution in [0.2, 0.25) is 0 Å². The Kier molecular flexibility index (Phi) is 5.68. The molecule has 1 atom stereocenters. The van der Waals surface area contributed by atoms with Crippen molar-refractivity contribution in [1.29, 1.82) is 0 Å². The maximum absolute atomic E-state index is 11.9. The second-order valence-corrected chi connectivity index (χ2v) is 5.01. The highest BCUT2D eigenvalue weighted by molar-refractivity contribution is 6.35.